The second-order valence-corrected chi connectivity index (χ2v) is 9.33. The number of nitrogens with one attached hydrogen (secondary N) is 1. The Hall–Kier alpha value is -3.99. The van der Waals surface area contributed by atoms with Gasteiger partial charge in [-0.3, -0.25) is 4.72 Å². The van der Waals surface area contributed by atoms with Crippen molar-refractivity contribution in [2.24, 2.45) is 0 Å². The molecule has 0 unspecified atom stereocenters. The third kappa shape index (κ3) is 4.67. The second-order valence-electron chi connectivity index (χ2n) is 7.65. The molecule has 4 aromatic rings. The van der Waals surface area contributed by atoms with Gasteiger partial charge in [-0.25, -0.2) is 13.1 Å². The van der Waals surface area contributed by atoms with Crippen LogP contribution >= 0.6 is 0 Å². The smallest absolute Gasteiger partial charge is 0.435 e. The minimum Gasteiger partial charge on any atom is -0.486 e. The lowest BCUT2D eigenvalue weighted by Crippen LogP contribution is -2.17. The lowest BCUT2D eigenvalue weighted by molar-refractivity contribution is -0.141. The number of hydrogen-bond acceptors (Lipinski definition) is 5. The molecule has 11 heteroatoms. The van der Waals surface area contributed by atoms with E-state index in [9.17, 15) is 21.6 Å². The van der Waals surface area contributed by atoms with Crippen LogP contribution in [0.15, 0.2) is 83.8 Å². The van der Waals surface area contributed by atoms with E-state index < -0.39 is 21.9 Å². The van der Waals surface area contributed by atoms with Crippen LogP contribution in [0, 0.1) is 0 Å². The highest BCUT2D eigenvalue weighted by Gasteiger charge is 2.35. The Bertz CT molecular complexity index is 1470. The molecule has 1 N–H and O–H groups in total. The summed E-state index contributed by atoms with van der Waals surface area (Å²) in [4.78, 5) is -0.0113. The molecule has 5 rings (SSSR count). The number of ether oxygens (including phenoxy) is 2. The van der Waals surface area contributed by atoms with Crippen molar-refractivity contribution in [3.8, 4) is 28.4 Å². The molecule has 0 spiro atoms. The summed E-state index contributed by atoms with van der Waals surface area (Å²) in [6.45, 7) is 0.707. The van der Waals surface area contributed by atoms with E-state index in [0.29, 0.717) is 36.0 Å². The summed E-state index contributed by atoms with van der Waals surface area (Å²) < 4.78 is 80.3. The third-order valence-corrected chi connectivity index (χ3v) is 6.64. The minimum absolute atomic E-state index is 0.0113. The number of alkyl halides is 3. The summed E-state index contributed by atoms with van der Waals surface area (Å²) >= 11 is 0. The first-order valence-corrected chi connectivity index (χ1v) is 11.9. The quantitative estimate of drug-likeness (QED) is 0.410. The largest absolute Gasteiger partial charge is 0.486 e. The molecule has 1 aliphatic rings. The molecule has 0 aliphatic carbocycles. The highest BCUT2D eigenvalue weighted by molar-refractivity contribution is 7.92. The van der Waals surface area contributed by atoms with Gasteiger partial charge in [0.25, 0.3) is 10.0 Å². The molecule has 180 valence electrons. The van der Waals surface area contributed by atoms with Gasteiger partial charge < -0.3 is 9.47 Å². The Morgan fingerprint density at radius 2 is 1.54 bits per heavy atom. The van der Waals surface area contributed by atoms with Crippen molar-refractivity contribution in [3.63, 3.8) is 0 Å². The zero-order valence-electron chi connectivity index (χ0n) is 18.0. The van der Waals surface area contributed by atoms with Gasteiger partial charge in [0, 0.05) is 17.3 Å². The second kappa shape index (κ2) is 8.66. The van der Waals surface area contributed by atoms with Gasteiger partial charge in [0.15, 0.2) is 17.2 Å². The molecule has 2 heterocycles. The average Bonchev–Trinajstić information content (AvgIpc) is 3.31. The molecule has 3 aromatic carbocycles. The molecule has 1 aliphatic heterocycles. The van der Waals surface area contributed by atoms with E-state index in [1.54, 1.807) is 30.3 Å². The molecule has 35 heavy (non-hydrogen) atoms. The number of nitrogens with zero attached hydrogens (tertiary/aromatic N) is 2. The van der Waals surface area contributed by atoms with Gasteiger partial charge in [-0.1, -0.05) is 30.3 Å². The molecular formula is C24H18F3N3O4S. The maximum atomic E-state index is 13.4. The van der Waals surface area contributed by atoms with Gasteiger partial charge in [0.2, 0.25) is 0 Å². The van der Waals surface area contributed by atoms with Gasteiger partial charge in [-0.15, -0.1) is 0 Å². The van der Waals surface area contributed by atoms with Crippen LogP contribution < -0.4 is 14.2 Å². The molecule has 0 saturated carbocycles. The van der Waals surface area contributed by atoms with E-state index in [1.807, 2.05) is 0 Å². The number of anilines is 1. The summed E-state index contributed by atoms with van der Waals surface area (Å²) in [5.74, 6) is 0.803. The number of halogens is 3. The van der Waals surface area contributed by atoms with Gasteiger partial charge in [-0.05, 0) is 42.5 Å². The molecule has 0 bridgehead atoms. The van der Waals surface area contributed by atoms with Crippen LogP contribution in [0.2, 0.25) is 0 Å². The average molecular weight is 501 g/mol. The first-order chi connectivity index (χ1) is 16.7. The fraction of sp³-hybridized carbons (Fsp3) is 0.125. The van der Waals surface area contributed by atoms with Gasteiger partial charge in [-0.2, -0.15) is 18.3 Å². The van der Waals surface area contributed by atoms with E-state index in [1.165, 1.54) is 47.1 Å². The van der Waals surface area contributed by atoms with Crippen molar-refractivity contribution in [1.82, 2.24) is 9.78 Å². The molecule has 1 aromatic heterocycles. The van der Waals surface area contributed by atoms with E-state index in [0.717, 1.165) is 6.07 Å². The number of rotatable bonds is 5. The number of hydrogen-bond donors (Lipinski definition) is 1. The van der Waals surface area contributed by atoms with Gasteiger partial charge in [0.1, 0.15) is 13.2 Å². The Kier molecular flexibility index (Phi) is 5.64. The highest BCUT2D eigenvalue weighted by Crippen LogP contribution is 2.35. The zero-order chi connectivity index (χ0) is 24.6. The van der Waals surface area contributed by atoms with Gasteiger partial charge >= 0.3 is 6.18 Å². The lowest BCUT2D eigenvalue weighted by Gasteiger charge is -2.19. The van der Waals surface area contributed by atoms with Crippen LogP contribution in [0.1, 0.15) is 5.69 Å². The molecule has 0 radical (unpaired) electrons. The summed E-state index contributed by atoms with van der Waals surface area (Å²) in [6.07, 6.45) is -4.62. The van der Waals surface area contributed by atoms with Crippen LogP contribution in [0.25, 0.3) is 16.9 Å². The molecule has 0 saturated heterocycles. The molecule has 0 fully saturated rings. The first kappa shape index (κ1) is 22.8. The van der Waals surface area contributed by atoms with Gasteiger partial charge in [0.05, 0.1) is 16.3 Å². The maximum absolute atomic E-state index is 13.4. The molecule has 7 nitrogen and oxygen atoms in total. The summed E-state index contributed by atoms with van der Waals surface area (Å²) in [6, 6.07) is 19.7. The van der Waals surface area contributed by atoms with E-state index in [2.05, 4.69) is 9.82 Å². The standard InChI is InChI=1S/C24H18F3N3O4S/c25-24(26,27)23-15-20(30(28-23)18-4-2-1-3-5-18)16-6-8-17(9-7-16)29-35(31,32)19-10-11-21-22(14-19)34-13-12-33-21/h1-11,14-15,29H,12-13H2. The van der Waals surface area contributed by atoms with Crippen molar-refractivity contribution in [2.45, 2.75) is 11.1 Å². The fourth-order valence-corrected chi connectivity index (χ4v) is 4.68. The topological polar surface area (TPSA) is 82.5 Å². The summed E-state index contributed by atoms with van der Waals surface area (Å²) in [5, 5.41) is 3.74. The summed E-state index contributed by atoms with van der Waals surface area (Å²) in [5.41, 5.74) is 0.315. The van der Waals surface area contributed by atoms with Crippen LogP contribution in [0.5, 0.6) is 11.5 Å². The maximum Gasteiger partial charge on any atom is 0.435 e. The molecule has 0 atom stereocenters. The number of para-hydroxylation sites is 1. The van der Waals surface area contributed by atoms with Crippen molar-refractivity contribution >= 4 is 15.7 Å². The number of aromatic nitrogens is 2. The van der Waals surface area contributed by atoms with E-state index >= 15 is 0 Å². The van der Waals surface area contributed by atoms with E-state index in [-0.39, 0.29) is 16.3 Å². The zero-order valence-corrected chi connectivity index (χ0v) is 18.8. The SMILES string of the molecule is O=S(=O)(Nc1ccc(-c2cc(C(F)(F)F)nn2-c2ccccc2)cc1)c1ccc2c(c1)OCCO2. The normalized spacial score (nSPS) is 13.5. The Morgan fingerprint density at radius 3 is 2.23 bits per heavy atom. The molecule has 0 amide bonds. The Morgan fingerprint density at radius 1 is 0.857 bits per heavy atom. The van der Waals surface area contributed by atoms with Crippen LogP contribution in [-0.4, -0.2) is 31.4 Å². The van der Waals surface area contributed by atoms with E-state index in [4.69, 9.17) is 9.47 Å². The monoisotopic (exact) mass is 501 g/mol. The van der Waals surface area contributed by atoms with Crippen LogP contribution in [0.4, 0.5) is 18.9 Å². The van der Waals surface area contributed by atoms with Crippen molar-refractivity contribution in [1.29, 1.82) is 0 Å². The third-order valence-electron chi connectivity index (χ3n) is 5.26. The molecular weight excluding hydrogens is 483 g/mol. The number of fused-ring (bicyclic) bond motifs is 1. The Labute approximate surface area is 198 Å². The Balaban J connectivity index is 1.44. The van der Waals surface area contributed by atoms with Crippen LogP contribution in [-0.2, 0) is 16.2 Å². The van der Waals surface area contributed by atoms with Crippen molar-refractivity contribution in [3.05, 3.63) is 84.6 Å². The highest BCUT2D eigenvalue weighted by atomic mass is 32.2. The fourth-order valence-electron chi connectivity index (χ4n) is 3.61. The lowest BCUT2D eigenvalue weighted by atomic mass is 10.1. The minimum atomic E-state index is -4.62. The van der Waals surface area contributed by atoms with Crippen LogP contribution in [0.3, 0.4) is 0 Å². The first-order valence-electron chi connectivity index (χ1n) is 10.5. The van der Waals surface area contributed by atoms with Crippen molar-refractivity contribution in [2.75, 3.05) is 17.9 Å². The predicted octanol–water partition coefficient (Wildman–Crippen LogP) is 5.13. The summed E-state index contributed by atoms with van der Waals surface area (Å²) in [7, 11) is -3.94. The number of sulfonamides is 1. The predicted molar refractivity (Wildman–Crippen MR) is 122 cm³/mol. The number of benzene rings is 3. The van der Waals surface area contributed by atoms with Crippen molar-refractivity contribution < 1.29 is 31.1 Å².